The predicted molar refractivity (Wildman–Crippen MR) is 63.5 cm³/mol. The van der Waals surface area contributed by atoms with Gasteiger partial charge in [0.15, 0.2) is 6.29 Å². The lowest BCUT2D eigenvalue weighted by Crippen LogP contribution is -2.46. The monoisotopic (exact) mass is 232 g/mol. The molecule has 0 amide bonds. The van der Waals surface area contributed by atoms with E-state index < -0.39 is 0 Å². The quantitative estimate of drug-likeness (QED) is 0.696. The molecule has 3 nitrogen and oxygen atoms in total. The maximum absolute atomic E-state index is 5.94. The third kappa shape index (κ3) is 2.14. The van der Waals surface area contributed by atoms with Crippen molar-refractivity contribution in [1.29, 1.82) is 0 Å². The molecule has 17 heavy (non-hydrogen) atoms. The van der Waals surface area contributed by atoms with E-state index in [0.717, 1.165) is 24.2 Å². The molecular weight excluding hydrogens is 216 g/mol. The Labute approximate surface area is 101 Å². The molecule has 90 valence electrons. The van der Waals surface area contributed by atoms with Crippen molar-refractivity contribution in [3.05, 3.63) is 48.0 Å². The fourth-order valence-corrected chi connectivity index (χ4v) is 2.29. The van der Waals surface area contributed by atoms with Gasteiger partial charge < -0.3 is 14.2 Å². The largest absolute Gasteiger partial charge is 0.372 e. The fraction of sp³-hybridized carbons (Fsp3) is 0.429. The Morgan fingerprint density at radius 2 is 1.94 bits per heavy atom. The summed E-state index contributed by atoms with van der Waals surface area (Å²) in [5.74, 6) is 0. The van der Waals surface area contributed by atoms with Crippen molar-refractivity contribution in [3.63, 3.8) is 0 Å². The lowest BCUT2D eigenvalue weighted by atomic mass is 9.99. The minimum Gasteiger partial charge on any atom is -0.372 e. The lowest BCUT2D eigenvalue weighted by molar-refractivity contribution is -0.263. The first kappa shape index (κ1) is 11.0. The zero-order valence-electron chi connectivity index (χ0n) is 9.67. The standard InChI is InChI=1S/C14H16O3/c1-10-7-8-15-12-9-16-14(17-13(10)12)11-5-3-2-4-6-11/h2-6,12-14H,1,7-9H2. The van der Waals surface area contributed by atoms with Crippen LogP contribution in [0.3, 0.4) is 0 Å². The van der Waals surface area contributed by atoms with Crippen molar-refractivity contribution < 1.29 is 14.2 Å². The highest BCUT2D eigenvalue weighted by Crippen LogP contribution is 2.33. The van der Waals surface area contributed by atoms with E-state index in [1.54, 1.807) is 0 Å². The molecule has 0 bridgehead atoms. The van der Waals surface area contributed by atoms with Gasteiger partial charge in [0.05, 0.1) is 13.2 Å². The molecule has 1 aromatic carbocycles. The number of rotatable bonds is 1. The average Bonchev–Trinajstić information content (AvgIpc) is 2.40. The van der Waals surface area contributed by atoms with Crippen molar-refractivity contribution in [3.8, 4) is 0 Å². The SMILES string of the molecule is C=C1CCOC2COC(c3ccccc3)OC12. The molecule has 3 unspecified atom stereocenters. The van der Waals surface area contributed by atoms with Crippen LogP contribution in [0.2, 0.25) is 0 Å². The number of ether oxygens (including phenoxy) is 3. The molecule has 2 heterocycles. The van der Waals surface area contributed by atoms with Gasteiger partial charge in [-0.05, 0) is 12.0 Å². The molecule has 0 spiro atoms. The summed E-state index contributed by atoms with van der Waals surface area (Å²) < 4.78 is 17.3. The Bertz CT molecular complexity index is 401. The molecule has 2 fully saturated rings. The molecule has 3 atom stereocenters. The highest BCUT2D eigenvalue weighted by molar-refractivity contribution is 5.18. The molecule has 0 saturated carbocycles. The second-order valence-corrected chi connectivity index (χ2v) is 4.45. The Morgan fingerprint density at radius 3 is 2.76 bits per heavy atom. The molecule has 1 aromatic rings. The van der Waals surface area contributed by atoms with Gasteiger partial charge in [-0.3, -0.25) is 0 Å². The van der Waals surface area contributed by atoms with E-state index in [2.05, 4.69) is 6.58 Å². The zero-order chi connectivity index (χ0) is 11.7. The second kappa shape index (κ2) is 4.61. The summed E-state index contributed by atoms with van der Waals surface area (Å²) in [7, 11) is 0. The van der Waals surface area contributed by atoms with Crippen molar-refractivity contribution in [2.45, 2.75) is 24.9 Å². The fourth-order valence-electron chi connectivity index (χ4n) is 2.29. The number of benzene rings is 1. The van der Waals surface area contributed by atoms with Crippen molar-refractivity contribution in [1.82, 2.24) is 0 Å². The van der Waals surface area contributed by atoms with E-state index in [1.165, 1.54) is 0 Å². The summed E-state index contributed by atoms with van der Waals surface area (Å²) in [6.45, 7) is 5.36. The van der Waals surface area contributed by atoms with Crippen LogP contribution in [-0.4, -0.2) is 25.4 Å². The van der Waals surface area contributed by atoms with Gasteiger partial charge in [-0.15, -0.1) is 0 Å². The Morgan fingerprint density at radius 1 is 1.12 bits per heavy atom. The first-order chi connectivity index (χ1) is 8.34. The van der Waals surface area contributed by atoms with Crippen molar-refractivity contribution in [2.75, 3.05) is 13.2 Å². The maximum Gasteiger partial charge on any atom is 0.184 e. The summed E-state index contributed by atoms with van der Waals surface area (Å²) in [6, 6.07) is 9.98. The van der Waals surface area contributed by atoms with Crippen LogP contribution in [0.15, 0.2) is 42.5 Å². The minimum absolute atomic E-state index is 0.0104. The van der Waals surface area contributed by atoms with E-state index in [4.69, 9.17) is 14.2 Å². The van der Waals surface area contributed by atoms with Crippen LogP contribution in [-0.2, 0) is 14.2 Å². The van der Waals surface area contributed by atoms with Crippen LogP contribution in [0.5, 0.6) is 0 Å². The van der Waals surface area contributed by atoms with E-state index in [-0.39, 0.29) is 18.5 Å². The van der Waals surface area contributed by atoms with Crippen LogP contribution < -0.4 is 0 Å². The summed E-state index contributed by atoms with van der Waals surface area (Å²) in [5.41, 5.74) is 2.16. The molecule has 0 radical (unpaired) electrons. The minimum atomic E-state index is -0.295. The lowest BCUT2D eigenvalue weighted by Gasteiger charge is -2.40. The molecular formula is C14H16O3. The molecule has 2 saturated heterocycles. The number of hydrogen-bond acceptors (Lipinski definition) is 3. The Hall–Kier alpha value is -1.16. The molecule has 3 heteroatoms. The summed E-state index contributed by atoms with van der Waals surface area (Å²) >= 11 is 0. The topological polar surface area (TPSA) is 27.7 Å². The molecule has 0 aliphatic carbocycles. The van der Waals surface area contributed by atoms with Gasteiger partial charge in [0.25, 0.3) is 0 Å². The van der Waals surface area contributed by atoms with Crippen LogP contribution in [0.25, 0.3) is 0 Å². The van der Waals surface area contributed by atoms with Gasteiger partial charge >= 0.3 is 0 Å². The first-order valence-corrected chi connectivity index (χ1v) is 5.96. The Balaban J connectivity index is 1.76. The molecule has 3 rings (SSSR count). The third-order valence-electron chi connectivity index (χ3n) is 3.25. The van der Waals surface area contributed by atoms with Gasteiger partial charge in [0.2, 0.25) is 0 Å². The highest BCUT2D eigenvalue weighted by atomic mass is 16.7. The van der Waals surface area contributed by atoms with E-state index in [0.29, 0.717) is 6.61 Å². The molecule has 0 aromatic heterocycles. The molecule has 0 N–H and O–H groups in total. The van der Waals surface area contributed by atoms with Crippen LogP contribution in [0, 0.1) is 0 Å². The Kier molecular flexibility index (Phi) is 2.97. The van der Waals surface area contributed by atoms with Crippen LogP contribution in [0.4, 0.5) is 0 Å². The predicted octanol–water partition coefficient (Wildman–Crippen LogP) is 2.45. The van der Waals surface area contributed by atoms with Gasteiger partial charge in [0, 0.05) is 5.56 Å². The molecule has 2 aliphatic rings. The number of fused-ring (bicyclic) bond motifs is 1. The van der Waals surface area contributed by atoms with E-state index in [9.17, 15) is 0 Å². The van der Waals surface area contributed by atoms with E-state index in [1.807, 2.05) is 30.3 Å². The van der Waals surface area contributed by atoms with Crippen LogP contribution in [0.1, 0.15) is 18.3 Å². The summed E-state index contributed by atoms with van der Waals surface area (Å²) in [4.78, 5) is 0. The first-order valence-electron chi connectivity index (χ1n) is 5.96. The van der Waals surface area contributed by atoms with Crippen molar-refractivity contribution >= 4 is 0 Å². The third-order valence-corrected chi connectivity index (χ3v) is 3.25. The zero-order valence-corrected chi connectivity index (χ0v) is 9.67. The van der Waals surface area contributed by atoms with E-state index >= 15 is 0 Å². The van der Waals surface area contributed by atoms with Crippen LogP contribution >= 0.6 is 0 Å². The van der Waals surface area contributed by atoms with Gasteiger partial charge in [0.1, 0.15) is 12.2 Å². The van der Waals surface area contributed by atoms with Gasteiger partial charge in [-0.2, -0.15) is 0 Å². The van der Waals surface area contributed by atoms with Gasteiger partial charge in [-0.25, -0.2) is 0 Å². The summed E-state index contributed by atoms with van der Waals surface area (Å²) in [5, 5.41) is 0. The van der Waals surface area contributed by atoms with Gasteiger partial charge in [-0.1, -0.05) is 36.9 Å². The smallest absolute Gasteiger partial charge is 0.184 e. The highest BCUT2D eigenvalue weighted by Gasteiger charge is 2.37. The second-order valence-electron chi connectivity index (χ2n) is 4.45. The molecule has 2 aliphatic heterocycles. The number of hydrogen-bond donors (Lipinski definition) is 0. The van der Waals surface area contributed by atoms with Crippen molar-refractivity contribution in [2.24, 2.45) is 0 Å². The normalized spacial score (nSPS) is 33.2. The average molecular weight is 232 g/mol. The summed E-state index contributed by atoms with van der Waals surface area (Å²) in [6.07, 6.45) is 0.567. The maximum atomic E-state index is 5.94.